The monoisotopic (exact) mass is 422 g/mol. The fourth-order valence-electron chi connectivity index (χ4n) is 2.98. The van der Waals surface area contributed by atoms with Crippen molar-refractivity contribution in [2.45, 2.75) is 64.1 Å². The lowest BCUT2D eigenvalue weighted by Gasteiger charge is -2.23. The first-order valence-corrected chi connectivity index (χ1v) is 10.2. The summed E-state index contributed by atoms with van der Waals surface area (Å²) in [4.78, 5) is 36.7. The van der Waals surface area contributed by atoms with E-state index in [1.165, 1.54) is 12.1 Å². The van der Waals surface area contributed by atoms with Crippen molar-refractivity contribution >= 4 is 17.8 Å². The van der Waals surface area contributed by atoms with Gasteiger partial charge in [-0.2, -0.15) is 0 Å². The van der Waals surface area contributed by atoms with Gasteiger partial charge in [-0.3, -0.25) is 9.59 Å². The van der Waals surface area contributed by atoms with Gasteiger partial charge in [-0.15, -0.1) is 0 Å². The van der Waals surface area contributed by atoms with E-state index in [1.54, 1.807) is 12.1 Å². The van der Waals surface area contributed by atoms with Crippen LogP contribution in [0.1, 0.15) is 45.1 Å². The molecule has 0 unspecified atom stereocenters. The molecule has 0 aliphatic rings. The van der Waals surface area contributed by atoms with E-state index in [4.69, 9.17) is 11.5 Å². The van der Waals surface area contributed by atoms with Gasteiger partial charge in [0.1, 0.15) is 17.8 Å². The quantitative estimate of drug-likeness (QED) is 0.251. The summed E-state index contributed by atoms with van der Waals surface area (Å²) in [6.45, 7) is 4.18. The van der Waals surface area contributed by atoms with E-state index in [1.807, 2.05) is 13.8 Å². The zero-order valence-electron chi connectivity index (χ0n) is 17.6. The van der Waals surface area contributed by atoms with Gasteiger partial charge in [-0.1, -0.05) is 26.0 Å². The Balaban J connectivity index is 2.79. The van der Waals surface area contributed by atoms with Crippen LogP contribution in [0.4, 0.5) is 0 Å². The summed E-state index contributed by atoms with van der Waals surface area (Å²) < 4.78 is 0. The maximum atomic E-state index is 12.7. The van der Waals surface area contributed by atoms with E-state index < -0.39 is 35.9 Å². The Bertz CT molecular complexity index is 693. The second-order valence-corrected chi connectivity index (χ2v) is 7.85. The Kier molecular flexibility index (Phi) is 10.8. The number of amides is 2. The zero-order chi connectivity index (χ0) is 22.7. The summed E-state index contributed by atoms with van der Waals surface area (Å²) in [5.74, 6) is -1.98. The van der Waals surface area contributed by atoms with Crippen molar-refractivity contribution in [1.82, 2.24) is 10.6 Å². The van der Waals surface area contributed by atoms with Crippen LogP contribution >= 0.6 is 0 Å². The number of carboxylic acids is 1. The summed E-state index contributed by atoms with van der Waals surface area (Å²) in [7, 11) is 0. The molecule has 0 saturated heterocycles. The molecule has 30 heavy (non-hydrogen) atoms. The minimum Gasteiger partial charge on any atom is -0.508 e. The first-order chi connectivity index (χ1) is 14.1. The molecule has 0 aromatic heterocycles. The van der Waals surface area contributed by atoms with Gasteiger partial charge in [0.25, 0.3) is 0 Å². The van der Waals surface area contributed by atoms with Crippen LogP contribution in [0.15, 0.2) is 24.3 Å². The molecule has 3 atom stereocenters. The van der Waals surface area contributed by atoms with E-state index >= 15 is 0 Å². The van der Waals surface area contributed by atoms with E-state index in [0.29, 0.717) is 25.8 Å². The molecule has 0 saturated carbocycles. The number of phenolic OH excluding ortho intramolecular Hbond substituents is 1. The number of aromatic hydroxyl groups is 1. The van der Waals surface area contributed by atoms with Crippen molar-refractivity contribution in [2.24, 2.45) is 17.4 Å². The first kappa shape index (κ1) is 25.4. The van der Waals surface area contributed by atoms with Crippen LogP contribution in [0.2, 0.25) is 0 Å². The van der Waals surface area contributed by atoms with E-state index in [-0.39, 0.29) is 24.5 Å². The number of rotatable bonds is 13. The molecule has 2 amide bonds. The van der Waals surface area contributed by atoms with Crippen molar-refractivity contribution in [3.63, 3.8) is 0 Å². The average molecular weight is 423 g/mol. The molecule has 1 aromatic rings. The highest BCUT2D eigenvalue weighted by molar-refractivity contribution is 5.91. The molecule has 0 fully saturated rings. The molecule has 1 rings (SSSR count). The molecule has 168 valence electrons. The van der Waals surface area contributed by atoms with Crippen LogP contribution in [0.25, 0.3) is 0 Å². The van der Waals surface area contributed by atoms with Crippen molar-refractivity contribution < 1.29 is 24.6 Å². The molecule has 0 radical (unpaired) electrons. The van der Waals surface area contributed by atoms with Gasteiger partial charge in [0, 0.05) is 0 Å². The molecule has 0 bridgehead atoms. The number of nitrogens with one attached hydrogen (secondary N) is 2. The topological polar surface area (TPSA) is 168 Å². The minimum absolute atomic E-state index is 0.0791. The third-order valence-corrected chi connectivity index (χ3v) is 4.63. The Morgan fingerprint density at radius 3 is 2.13 bits per heavy atom. The molecule has 0 spiro atoms. The lowest BCUT2D eigenvalue weighted by atomic mass is 10.0. The maximum Gasteiger partial charge on any atom is 0.326 e. The van der Waals surface area contributed by atoms with E-state index in [9.17, 15) is 24.6 Å². The lowest BCUT2D eigenvalue weighted by Crippen LogP contribution is -2.55. The van der Waals surface area contributed by atoms with Crippen molar-refractivity contribution in [3.05, 3.63) is 29.8 Å². The molecule has 0 heterocycles. The number of hydrogen-bond donors (Lipinski definition) is 6. The third-order valence-electron chi connectivity index (χ3n) is 4.63. The standard InChI is InChI=1S/C21H34N4O5/c1-13(2)11-18(21(29)30)25-20(28)17(5-3-4-10-22)24-19(27)16(23)12-14-6-8-15(26)9-7-14/h6-9,13,16-18,26H,3-5,10-12,22-23H2,1-2H3,(H,24,27)(H,25,28)(H,29,30)/t16-,17-,18-/m0/s1. The number of carbonyl (C=O) groups is 3. The Hall–Kier alpha value is -2.65. The molecular weight excluding hydrogens is 388 g/mol. The first-order valence-electron chi connectivity index (χ1n) is 10.2. The number of unbranched alkanes of at least 4 members (excludes halogenated alkanes) is 1. The van der Waals surface area contributed by atoms with Crippen molar-refractivity contribution in [3.8, 4) is 5.75 Å². The highest BCUT2D eigenvalue weighted by Gasteiger charge is 2.28. The third kappa shape index (κ3) is 9.23. The molecule has 9 heteroatoms. The van der Waals surface area contributed by atoms with Gasteiger partial charge >= 0.3 is 5.97 Å². The largest absolute Gasteiger partial charge is 0.508 e. The lowest BCUT2D eigenvalue weighted by molar-refractivity contribution is -0.142. The number of aliphatic carboxylic acids is 1. The van der Waals surface area contributed by atoms with Crippen LogP contribution in [-0.4, -0.2) is 52.7 Å². The van der Waals surface area contributed by atoms with Gasteiger partial charge in [0.15, 0.2) is 0 Å². The molecule has 0 aliphatic heterocycles. The van der Waals surface area contributed by atoms with Gasteiger partial charge in [-0.05, 0) is 62.3 Å². The molecule has 1 aromatic carbocycles. The number of nitrogens with two attached hydrogens (primary N) is 2. The van der Waals surface area contributed by atoms with Crippen LogP contribution in [0.3, 0.4) is 0 Å². The summed E-state index contributed by atoms with van der Waals surface area (Å²) in [5.41, 5.74) is 12.3. The minimum atomic E-state index is -1.12. The molecule has 9 nitrogen and oxygen atoms in total. The molecule has 0 aliphatic carbocycles. The number of carbonyl (C=O) groups excluding carboxylic acids is 2. The van der Waals surface area contributed by atoms with Gasteiger partial charge < -0.3 is 32.3 Å². The van der Waals surface area contributed by atoms with E-state index in [2.05, 4.69) is 10.6 Å². The summed E-state index contributed by atoms with van der Waals surface area (Å²) in [6.07, 6.45) is 2.12. The number of carboxylic acid groups (broad SMARTS) is 1. The Morgan fingerprint density at radius 1 is 1.00 bits per heavy atom. The Morgan fingerprint density at radius 2 is 1.60 bits per heavy atom. The Labute approximate surface area is 177 Å². The fourth-order valence-corrected chi connectivity index (χ4v) is 2.98. The predicted molar refractivity (Wildman–Crippen MR) is 114 cm³/mol. The zero-order valence-corrected chi connectivity index (χ0v) is 17.6. The van der Waals surface area contributed by atoms with Crippen LogP contribution in [-0.2, 0) is 20.8 Å². The summed E-state index contributed by atoms with van der Waals surface area (Å²) in [5, 5.41) is 23.9. The highest BCUT2D eigenvalue weighted by Crippen LogP contribution is 2.11. The van der Waals surface area contributed by atoms with Crippen LogP contribution in [0, 0.1) is 5.92 Å². The van der Waals surface area contributed by atoms with Crippen LogP contribution in [0.5, 0.6) is 5.75 Å². The van der Waals surface area contributed by atoms with Gasteiger partial charge in [0.2, 0.25) is 11.8 Å². The highest BCUT2D eigenvalue weighted by atomic mass is 16.4. The smallest absolute Gasteiger partial charge is 0.326 e. The fraction of sp³-hybridized carbons (Fsp3) is 0.571. The second-order valence-electron chi connectivity index (χ2n) is 7.85. The number of hydrogen-bond acceptors (Lipinski definition) is 6. The SMILES string of the molecule is CC(C)C[C@H](NC(=O)[C@H](CCCCN)NC(=O)[C@@H](N)Cc1ccc(O)cc1)C(=O)O. The molecular formula is C21H34N4O5. The van der Waals surface area contributed by atoms with Gasteiger partial charge in [-0.25, -0.2) is 4.79 Å². The van der Waals surface area contributed by atoms with Gasteiger partial charge in [0.05, 0.1) is 6.04 Å². The number of phenols is 1. The molecule has 8 N–H and O–H groups in total. The van der Waals surface area contributed by atoms with Crippen molar-refractivity contribution in [2.75, 3.05) is 6.54 Å². The van der Waals surface area contributed by atoms with Crippen molar-refractivity contribution in [1.29, 1.82) is 0 Å². The predicted octanol–water partition coefficient (Wildman–Crippen LogP) is 0.491. The summed E-state index contributed by atoms with van der Waals surface area (Å²) >= 11 is 0. The normalized spacial score (nSPS) is 14.0. The maximum absolute atomic E-state index is 12.7. The van der Waals surface area contributed by atoms with E-state index in [0.717, 1.165) is 5.56 Å². The second kappa shape index (κ2) is 12.8. The average Bonchev–Trinajstić information content (AvgIpc) is 2.67. The van der Waals surface area contributed by atoms with Crippen LogP contribution < -0.4 is 22.1 Å². The summed E-state index contributed by atoms with van der Waals surface area (Å²) in [6, 6.07) is 3.51. The number of benzene rings is 1.